The number of benzene rings is 1. The fourth-order valence-corrected chi connectivity index (χ4v) is 5.81. The van der Waals surface area contributed by atoms with E-state index in [1.807, 2.05) is 0 Å². The lowest BCUT2D eigenvalue weighted by Crippen LogP contribution is -2.61. The minimum absolute atomic E-state index is 0.0147. The van der Waals surface area contributed by atoms with Crippen molar-refractivity contribution < 1.29 is 59.1 Å². The molecule has 6 N–H and O–H groups in total. The molecule has 12 atom stereocenters. The summed E-state index contributed by atoms with van der Waals surface area (Å²) in [4.78, 5) is 12.8. The van der Waals surface area contributed by atoms with Gasteiger partial charge in [-0.05, 0) is 24.3 Å². The number of phenolic OH excluding ortho intramolecular Hbond substituents is 1. The van der Waals surface area contributed by atoms with Gasteiger partial charge in [-0.2, -0.15) is 0 Å². The first-order chi connectivity index (χ1) is 16.6. The molecule has 0 aromatic heterocycles. The van der Waals surface area contributed by atoms with Gasteiger partial charge in [-0.1, -0.05) is 0 Å². The van der Waals surface area contributed by atoms with Gasteiger partial charge in [0.05, 0.1) is 18.8 Å². The number of carbonyl (C=O) groups excluding carboxylic acids is 1. The van der Waals surface area contributed by atoms with Crippen LogP contribution in [0.2, 0.25) is 0 Å². The first-order valence-corrected chi connectivity index (χ1v) is 11.7. The quantitative estimate of drug-likeness (QED) is 0.194. The topological polar surface area (TPSA) is 185 Å². The Labute approximate surface area is 204 Å². The van der Waals surface area contributed by atoms with Crippen LogP contribution in [0.25, 0.3) is 0 Å². The van der Waals surface area contributed by atoms with E-state index in [2.05, 4.69) is 0 Å². The predicted octanol–water partition coefficient (Wildman–Crippen LogP) is -1.58. The number of rotatable bonds is 5. The van der Waals surface area contributed by atoms with Crippen molar-refractivity contribution in [2.24, 2.45) is 11.8 Å². The van der Waals surface area contributed by atoms with Crippen LogP contribution in [0.15, 0.2) is 24.3 Å². The molecule has 0 spiro atoms. The van der Waals surface area contributed by atoms with Gasteiger partial charge >= 0.3 is 5.97 Å². The van der Waals surface area contributed by atoms with Gasteiger partial charge in [-0.25, -0.2) is 4.79 Å². The van der Waals surface area contributed by atoms with Crippen LogP contribution in [0.4, 0.5) is 0 Å². The van der Waals surface area contributed by atoms with Crippen LogP contribution in [-0.2, 0) is 23.7 Å². The highest BCUT2D eigenvalue weighted by molar-refractivity contribution is 6.22. The molecule has 4 heterocycles. The number of carbonyl (C=O) groups is 1. The number of esters is 1. The smallest absolute Gasteiger partial charge is 0.338 e. The molecule has 5 aliphatic rings. The highest BCUT2D eigenvalue weighted by atomic mass is 35.5. The third-order valence-electron chi connectivity index (χ3n) is 7.23. The van der Waals surface area contributed by atoms with E-state index in [4.69, 9.17) is 35.3 Å². The number of phenols is 1. The number of halogens is 1. The Morgan fingerprint density at radius 1 is 1.09 bits per heavy atom. The number of aliphatic hydroxyl groups is 5. The number of fused-ring (bicyclic) bond motifs is 2. The Kier molecular flexibility index (Phi) is 6.72. The van der Waals surface area contributed by atoms with Gasteiger partial charge in [0.1, 0.15) is 47.2 Å². The number of hydrogen-bond donors (Lipinski definition) is 6. The summed E-state index contributed by atoms with van der Waals surface area (Å²) in [5.41, 5.74) is -1.56. The molecule has 4 saturated heterocycles. The number of aliphatic hydroxyl groups excluding tert-OH is 4. The molecule has 0 amide bonds. The zero-order valence-corrected chi connectivity index (χ0v) is 19.0. The molecule has 1 aromatic carbocycles. The van der Waals surface area contributed by atoms with E-state index >= 15 is 0 Å². The maximum Gasteiger partial charge on any atom is 0.338 e. The first-order valence-electron chi connectivity index (χ1n) is 11.2. The highest BCUT2D eigenvalue weighted by Crippen LogP contribution is 2.55. The van der Waals surface area contributed by atoms with Gasteiger partial charge in [0.15, 0.2) is 18.9 Å². The van der Waals surface area contributed by atoms with Crippen molar-refractivity contribution in [3.63, 3.8) is 0 Å². The van der Waals surface area contributed by atoms with E-state index < -0.39 is 84.8 Å². The Balaban J connectivity index is 1.38. The van der Waals surface area contributed by atoms with E-state index in [1.165, 1.54) is 24.3 Å². The Hall–Kier alpha value is -1.58. The van der Waals surface area contributed by atoms with Crippen molar-refractivity contribution >= 4 is 17.6 Å². The molecule has 12 nitrogen and oxygen atoms in total. The average molecular weight is 519 g/mol. The monoisotopic (exact) mass is 518 g/mol. The molecule has 0 unspecified atom stereocenters. The summed E-state index contributed by atoms with van der Waals surface area (Å²) < 4.78 is 28.4. The molecule has 194 valence electrons. The zero-order chi connectivity index (χ0) is 25.1. The minimum atomic E-state index is -1.74. The normalized spacial score (nSPS) is 46.9. The summed E-state index contributed by atoms with van der Waals surface area (Å²) in [6.07, 6.45) is -10.4. The van der Waals surface area contributed by atoms with Crippen LogP contribution < -0.4 is 0 Å². The second-order valence-corrected chi connectivity index (χ2v) is 9.78. The van der Waals surface area contributed by atoms with Gasteiger partial charge in [0.25, 0.3) is 0 Å². The van der Waals surface area contributed by atoms with Crippen molar-refractivity contribution in [2.45, 2.75) is 66.8 Å². The number of alkyl halides is 1. The van der Waals surface area contributed by atoms with Crippen molar-refractivity contribution in [1.29, 1.82) is 0 Å². The Bertz CT molecular complexity index is 930. The molecule has 0 radical (unpaired) electrons. The van der Waals surface area contributed by atoms with Crippen LogP contribution >= 0.6 is 11.6 Å². The van der Waals surface area contributed by atoms with Crippen molar-refractivity contribution in [2.75, 3.05) is 13.2 Å². The summed E-state index contributed by atoms with van der Waals surface area (Å²) in [7, 11) is 0. The Morgan fingerprint density at radius 2 is 1.80 bits per heavy atom. The summed E-state index contributed by atoms with van der Waals surface area (Å²) >= 11 is 6.62. The predicted molar refractivity (Wildman–Crippen MR) is 113 cm³/mol. The van der Waals surface area contributed by atoms with Gasteiger partial charge in [0.2, 0.25) is 0 Å². The molecule has 1 aliphatic carbocycles. The second kappa shape index (κ2) is 9.38. The summed E-state index contributed by atoms with van der Waals surface area (Å²) in [6.45, 7) is -0.869. The third-order valence-corrected chi connectivity index (χ3v) is 7.86. The molecule has 13 heteroatoms. The van der Waals surface area contributed by atoms with E-state index in [9.17, 15) is 35.4 Å². The van der Waals surface area contributed by atoms with Crippen molar-refractivity contribution in [3.8, 4) is 5.75 Å². The van der Waals surface area contributed by atoms with E-state index in [0.29, 0.717) is 0 Å². The number of hydrogen-bond acceptors (Lipinski definition) is 12. The Morgan fingerprint density at radius 3 is 2.49 bits per heavy atom. The fourth-order valence-electron chi connectivity index (χ4n) is 5.37. The molecule has 35 heavy (non-hydrogen) atoms. The maximum atomic E-state index is 12.8. The lowest BCUT2D eigenvalue weighted by Gasteiger charge is -2.44. The number of aromatic hydroxyl groups is 1. The van der Waals surface area contributed by atoms with Gasteiger partial charge in [-0.15, -0.1) is 11.6 Å². The summed E-state index contributed by atoms with van der Waals surface area (Å²) in [5.74, 6) is -2.13. The van der Waals surface area contributed by atoms with Crippen LogP contribution in [0.1, 0.15) is 16.8 Å². The lowest BCUT2D eigenvalue weighted by atomic mass is 9.83. The standard InChI is InChI=1S/C22H27ClO12/c23-18-17(34-19(29)8-1-3-9(25)4-2-8)10-5-12-31-7-22(18,30)13(10)20(33-12)35-21-16(28)15(27)14(26)11(6-24)32-21/h1-4,10-18,20-21,24-28,30H,5-7H2/t10-,11-,12-,13-,14-,15+,16-,17+,18-,20+,21+,22-/m1/s1. The van der Waals surface area contributed by atoms with Gasteiger partial charge in [-0.3, -0.25) is 0 Å². The van der Waals surface area contributed by atoms with E-state index in [0.717, 1.165) is 0 Å². The average Bonchev–Trinajstić information content (AvgIpc) is 2.95. The maximum absolute atomic E-state index is 12.8. The minimum Gasteiger partial charge on any atom is -0.508 e. The molecule has 4 bridgehead atoms. The number of ether oxygens (including phenoxy) is 5. The molecule has 1 aromatic rings. The summed E-state index contributed by atoms with van der Waals surface area (Å²) in [6, 6.07) is 5.47. The van der Waals surface area contributed by atoms with Gasteiger partial charge < -0.3 is 54.3 Å². The van der Waals surface area contributed by atoms with Crippen LogP contribution in [0.5, 0.6) is 5.75 Å². The van der Waals surface area contributed by atoms with Gasteiger partial charge in [0, 0.05) is 18.3 Å². The van der Waals surface area contributed by atoms with E-state index in [-0.39, 0.29) is 24.3 Å². The molecule has 6 rings (SSSR count). The fraction of sp³-hybridized carbons (Fsp3) is 0.682. The highest BCUT2D eigenvalue weighted by Gasteiger charge is 2.68. The van der Waals surface area contributed by atoms with E-state index in [1.54, 1.807) is 0 Å². The van der Waals surface area contributed by atoms with Crippen molar-refractivity contribution in [3.05, 3.63) is 29.8 Å². The second-order valence-electron chi connectivity index (χ2n) is 9.31. The molecular formula is C22H27ClO12. The van der Waals surface area contributed by atoms with Crippen LogP contribution in [0.3, 0.4) is 0 Å². The van der Waals surface area contributed by atoms with Crippen LogP contribution in [-0.4, -0.2) is 110 Å². The SMILES string of the molecule is O=C(O[C@H]1[C@@H]2C[C@@H]3OC[C@@](O)([C@H]2[C@H](O[C@@H]2O[C@H](CO)[C@@H](O)[C@H](O)[C@H]2O)O3)[C@@H]1Cl)c1ccc(O)cc1. The molecule has 5 fully saturated rings. The summed E-state index contributed by atoms with van der Waals surface area (Å²) in [5, 5.41) is 59.8. The largest absolute Gasteiger partial charge is 0.508 e. The van der Waals surface area contributed by atoms with Crippen LogP contribution in [0, 0.1) is 11.8 Å². The lowest BCUT2D eigenvalue weighted by molar-refractivity contribution is -0.370. The first kappa shape index (κ1) is 25.1. The molecule has 4 aliphatic heterocycles. The zero-order valence-electron chi connectivity index (χ0n) is 18.3. The van der Waals surface area contributed by atoms with Crippen molar-refractivity contribution in [1.82, 2.24) is 0 Å². The third kappa shape index (κ3) is 4.21. The molecule has 1 saturated carbocycles. The molecular weight excluding hydrogens is 492 g/mol.